The highest BCUT2D eigenvalue weighted by atomic mass is 16.7. The van der Waals surface area contributed by atoms with Crippen molar-refractivity contribution in [1.82, 2.24) is 5.32 Å². The molecule has 1 N–H and O–H groups in total. The van der Waals surface area contributed by atoms with E-state index in [4.69, 9.17) is 9.47 Å². The van der Waals surface area contributed by atoms with Gasteiger partial charge in [-0.15, -0.1) is 0 Å². The lowest BCUT2D eigenvalue weighted by molar-refractivity contribution is -0.180. The number of hydrogen-bond acceptors (Lipinski definition) is 5. The van der Waals surface area contributed by atoms with E-state index in [9.17, 15) is 4.79 Å². The molecule has 6 nitrogen and oxygen atoms in total. The van der Waals surface area contributed by atoms with Gasteiger partial charge in [-0.05, 0) is 25.0 Å². The molecule has 138 valence electrons. The van der Waals surface area contributed by atoms with Crippen molar-refractivity contribution in [3.05, 3.63) is 24.3 Å². The molecule has 25 heavy (non-hydrogen) atoms. The van der Waals surface area contributed by atoms with Gasteiger partial charge in [-0.2, -0.15) is 0 Å². The summed E-state index contributed by atoms with van der Waals surface area (Å²) in [5.41, 5.74) is 2.16. The fraction of sp³-hybridized carbons (Fsp3) is 0.632. The summed E-state index contributed by atoms with van der Waals surface area (Å²) in [7, 11) is 5.98. The van der Waals surface area contributed by atoms with Gasteiger partial charge in [0.25, 0.3) is 0 Å². The van der Waals surface area contributed by atoms with E-state index in [1.54, 1.807) is 0 Å². The average molecular weight is 347 g/mol. The van der Waals surface area contributed by atoms with Gasteiger partial charge in [0.05, 0.1) is 31.1 Å². The van der Waals surface area contributed by atoms with Crippen LogP contribution < -0.4 is 15.1 Å². The predicted octanol–water partition coefficient (Wildman–Crippen LogP) is 1.99. The summed E-state index contributed by atoms with van der Waals surface area (Å²) in [5.74, 6) is -0.312. The summed E-state index contributed by atoms with van der Waals surface area (Å²) in [6, 6.07) is 8.33. The van der Waals surface area contributed by atoms with Gasteiger partial charge in [0.15, 0.2) is 5.79 Å². The van der Waals surface area contributed by atoms with Crippen molar-refractivity contribution in [2.24, 2.45) is 0 Å². The maximum absolute atomic E-state index is 12.5. The monoisotopic (exact) mass is 347 g/mol. The molecule has 1 amide bonds. The lowest BCUT2D eigenvalue weighted by Crippen LogP contribution is -2.46. The van der Waals surface area contributed by atoms with Gasteiger partial charge in [-0.3, -0.25) is 4.79 Å². The van der Waals surface area contributed by atoms with Crippen LogP contribution in [-0.4, -0.2) is 58.6 Å². The van der Waals surface area contributed by atoms with Crippen LogP contribution in [-0.2, 0) is 14.3 Å². The molecule has 0 bridgehead atoms. The smallest absolute Gasteiger partial charge is 0.239 e. The lowest BCUT2D eigenvalue weighted by atomic mass is 9.90. The number of likely N-dealkylation sites (N-methyl/N-ethyl adjacent to an activating group) is 1. The van der Waals surface area contributed by atoms with E-state index in [0.717, 1.165) is 37.1 Å². The number of rotatable bonds is 5. The summed E-state index contributed by atoms with van der Waals surface area (Å²) in [6.07, 6.45) is 3.53. The second-order valence-corrected chi connectivity index (χ2v) is 7.19. The molecule has 2 aliphatic rings. The fourth-order valence-corrected chi connectivity index (χ4v) is 3.73. The molecule has 6 heteroatoms. The zero-order valence-corrected chi connectivity index (χ0v) is 15.5. The largest absolute Gasteiger partial charge is 0.376 e. The summed E-state index contributed by atoms with van der Waals surface area (Å²) >= 11 is 0. The normalized spacial score (nSPS) is 19.8. The summed E-state index contributed by atoms with van der Waals surface area (Å²) in [6.45, 7) is 1.72. The van der Waals surface area contributed by atoms with Crippen molar-refractivity contribution < 1.29 is 14.3 Å². The Balaban J connectivity index is 1.51. The molecule has 2 fully saturated rings. The first-order chi connectivity index (χ1) is 12.0. The highest BCUT2D eigenvalue weighted by Crippen LogP contribution is 2.35. The van der Waals surface area contributed by atoms with Gasteiger partial charge in [0.2, 0.25) is 5.91 Å². The molecule has 1 saturated carbocycles. The first-order valence-electron chi connectivity index (χ1n) is 9.04. The lowest BCUT2D eigenvalue weighted by Gasteiger charge is -2.35. The van der Waals surface area contributed by atoms with E-state index in [0.29, 0.717) is 19.8 Å². The van der Waals surface area contributed by atoms with E-state index in [1.165, 1.54) is 0 Å². The maximum atomic E-state index is 12.5. The number of para-hydroxylation sites is 2. The van der Waals surface area contributed by atoms with Crippen LogP contribution in [0.5, 0.6) is 0 Å². The Kier molecular flexibility index (Phi) is 5.49. The number of ether oxygens (including phenoxy) is 2. The number of hydrogen-bond donors (Lipinski definition) is 1. The fourth-order valence-electron chi connectivity index (χ4n) is 3.73. The Labute approximate surface area is 150 Å². The molecule has 1 spiro atoms. The van der Waals surface area contributed by atoms with E-state index < -0.39 is 0 Å². The van der Waals surface area contributed by atoms with Crippen molar-refractivity contribution in [1.29, 1.82) is 0 Å². The molecule has 0 unspecified atom stereocenters. The summed E-state index contributed by atoms with van der Waals surface area (Å²) < 4.78 is 11.5. The zero-order chi connectivity index (χ0) is 17.9. The Hall–Kier alpha value is -1.79. The van der Waals surface area contributed by atoms with Crippen LogP contribution in [0.1, 0.15) is 25.7 Å². The summed E-state index contributed by atoms with van der Waals surface area (Å²) in [4.78, 5) is 16.5. The third-order valence-corrected chi connectivity index (χ3v) is 5.08. The molecule has 1 heterocycles. The minimum atomic E-state index is -0.372. The summed E-state index contributed by atoms with van der Waals surface area (Å²) in [5, 5.41) is 3.17. The van der Waals surface area contributed by atoms with Crippen molar-refractivity contribution in [2.45, 2.75) is 37.5 Å². The van der Waals surface area contributed by atoms with Crippen molar-refractivity contribution in [3.8, 4) is 0 Å². The number of nitrogens with zero attached hydrogens (tertiary/aromatic N) is 2. The van der Waals surface area contributed by atoms with Gasteiger partial charge in [0, 0.05) is 40.0 Å². The van der Waals surface area contributed by atoms with E-state index in [-0.39, 0.29) is 17.7 Å². The zero-order valence-electron chi connectivity index (χ0n) is 15.5. The van der Waals surface area contributed by atoms with Gasteiger partial charge in [0.1, 0.15) is 0 Å². The Morgan fingerprint density at radius 3 is 2.32 bits per heavy atom. The predicted molar refractivity (Wildman–Crippen MR) is 99.1 cm³/mol. The molecule has 3 rings (SSSR count). The van der Waals surface area contributed by atoms with E-state index >= 15 is 0 Å². The van der Waals surface area contributed by atoms with Crippen molar-refractivity contribution in [2.75, 3.05) is 50.7 Å². The van der Waals surface area contributed by atoms with Crippen LogP contribution in [0.4, 0.5) is 11.4 Å². The standard InChI is InChI=1S/C19H29N3O3/c1-21(2)16-6-4-5-7-17(16)22(3)14-18(23)20-15-8-10-19(11-9-15)24-12-13-25-19/h4-7,15H,8-14H2,1-3H3,(H,20,23). The van der Waals surface area contributed by atoms with Gasteiger partial charge in [-0.1, -0.05) is 12.1 Å². The number of carbonyl (C=O) groups is 1. The Bertz CT molecular complexity index is 589. The van der Waals surface area contributed by atoms with Crippen LogP contribution in [0, 0.1) is 0 Å². The van der Waals surface area contributed by atoms with Gasteiger partial charge in [-0.25, -0.2) is 0 Å². The Morgan fingerprint density at radius 1 is 1.12 bits per heavy atom. The maximum Gasteiger partial charge on any atom is 0.239 e. The second kappa shape index (κ2) is 7.62. The van der Waals surface area contributed by atoms with Crippen molar-refractivity contribution >= 4 is 17.3 Å². The van der Waals surface area contributed by atoms with Gasteiger partial charge < -0.3 is 24.6 Å². The molecular formula is C19H29N3O3. The first kappa shape index (κ1) is 18.0. The van der Waals surface area contributed by atoms with E-state index in [1.807, 2.05) is 44.2 Å². The molecule has 0 aromatic heterocycles. The SMILES string of the molecule is CN(C)c1ccccc1N(C)CC(=O)NC1CCC2(CC1)OCCO2. The Morgan fingerprint density at radius 2 is 1.72 bits per heavy atom. The van der Waals surface area contributed by atoms with Crippen LogP contribution in [0.25, 0.3) is 0 Å². The molecule has 0 radical (unpaired) electrons. The number of amides is 1. The van der Waals surface area contributed by atoms with E-state index in [2.05, 4.69) is 16.3 Å². The molecule has 1 aliphatic heterocycles. The quantitative estimate of drug-likeness (QED) is 0.883. The first-order valence-corrected chi connectivity index (χ1v) is 9.04. The van der Waals surface area contributed by atoms with Crippen LogP contribution in [0.3, 0.4) is 0 Å². The topological polar surface area (TPSA) is 54.0 Å². The molecule has 1 saturated heterocycles. The van der Waals surface area contributed by atoms with Crippen LogP contribution in [0.2, 0.25) is 0 Å². The minimum absolute atomic E-state index is 0.0604. The molecule has 1 aromatic carbocycles. The number of anilines is 2. The molecule has 0 atom stereocenters. The third-order valence-electron chi connectivity index (χ3n) is 5.08. The number of benzene rings is 1. The molecule has 1 aliphatic carbocycles. The minimum Gasteiger partial charge on any atom is -0.376 e. The molecular weight excluding hydrogens is 318 g/mol. The van der Waals surface area contributed by atoms with Crippen LogP contribution in [0.15, 0.2) is 24.3 Å². The highest BCUT2D eigenvalue weighted by molar-refractivity contribution is 5.83. The van der Waals surface area contributed by atoms with Crippen LogP contribution >= 0.6 is 0 Å². The second-order valence-electron chi connectivity index (χ2n) is 7.19. The third kappa shape index (κ3) is 4.25. The van der Waals surface area contributed by atoms with Gasteiger partial charge >= 0.3 is 0 Å². The average Bonchev–Trinajstić information content (AvgIpc) is 3.05. The number of carbonyl (C=O) groups excluding carboxylic acids is 1. The highest BCUT2D eigenvalue weighted by Gasteiger charge is 2.40. The van der Waals surface area contributed by atoms with Crippen molar-refractivity contribution in [3.63, 3.8) is 0 Å². The number of nitrogens with one attached hydrogen (secondary N) is 1. The molecule has 1 aromatic rings.